The summed E-state index contributed by atoms with van der Waals surface area (Å²) >= 11 is 5.42. The Kier molecular flexibility index (Phi) is 3.91. The van der Waals surface area contributed by atoms with Gasteiger partial charge >= 0.3 is 0 Å². The molecule has 0 radical (unpaired) electrons. The second kappa shape index (κ2) is 4.75. The summed E-state index contributed by atoms with van der Waals surface area (Å²) in [6, 6.07) is 0. The van der Waals surface area contributed by atoms with Crippen LogP contribution >= 0.6 is 11.6 Å². The van der Waals surface area contributed by atoms with E-state index >= 15 is 0 Å². The van der Waals surface area contributed by atoms with Gasteiger partial charge in [-0.3, -0.25) is 4.90 Å². The number of hydrogen-bond acceptors (Lipinski definition) is 2. The number of halogens is 1. The van der Waals surface area contributed by atoms with Crippen LogP contribution in [-0.4, -0.2) is 31.1 Å². The Labute approximate surface area is 73.0 Å². The van der Waals surface area contributed by atoms with E-state index < -0.39 is 0 Å². The number of hydrogen-bond donors (Lipinski definition) is 1. The summed E-state index contributed by atoms with van der Waals surface area (Å²) in [7, 11) is 0. The van der Waals surface area contributed by atoms with Gasteiger partial charge in [0.25, 0.3) is 0 Å². The molecule has 1 unspecified atom stereocenters. The van der Waals surface area contributed by atoms with Crippen LogP contribution in [0.15, 0.2) is 11.6 Å². The van der Waals surface area contributed by atoms with E-state index in [4.69, 9.17) is 17.3 Å². The van der Waals surface area contributed by atoms with Crippen LogP contribution in [0.25, 0.3) is 0 Å². The van der Waals surface area contributed by atoms with Crippen LogP contribution in [0.5, 0.6) is 0 Å². The third kappa shape index (κ3) is 2.81. The highest BCUT2D eigenvalue weighted by atomic mass is 35.5. The maximum atomic E-state index is 5.55. The fraction of sp³-hybridized carbons (Fsp3) is 0.750. The monoisotopic (exact) mass is 174 g/mol. The smallest absolute Gasteiger partial charge is 0.0174 e. The van der Waals surface area contributed by atoms with Crippen LogP contribution < -0.4 is 5.73 Å². The van der Waals surface area contributed by atoms with Crippen molar-refractivity contribution in [3.63, 3.8) is 0 Å². The first kappa shape index (κ1) is 9.04. The molecule has 3 heteroatoms. The van der Waals surface area contributed by atoms with E-state index in [0.717, 1.165) is 19.6 Å². The van der Waals surface area contributed by atoms with Gasteiger partial charge < -0.3 is 5.73 Å². The molecule has 1 rings (SSSR count). The Morgan fingerprint density at radius 1 is 1.64 bits per heavy atom. The van der Waals surface area contributed by atoms with Crippen molar-refractivity contribution in [1.29, 1.82) is 0 Å². The van der Waals surface area contributed by atoms with Crippen molar-refractivity contribution >= 4 is 11.6 Å². The Hall–Kier alpha value is -0.0500. The van der Waals surface area contributed by atoms with Gasteiger partial charge in [-0.15, -0.1) is 0 Å². The van der Waals surface area contributed by atoms with E-state index in [0.29, 0.717) is 5.92 Å². The minimum atomic E-state index is 0.707. The van der Waals surface area contributed by atoms with Crippen molar-refractivity contribution in [1.82, 2.24) is 4.90 Å². The Morgan fingerprint density at radius 3 is 3.00 bits per heavy atom. The summed E-state index contributed by atoms with van der Waals surface area (Å²) in [5, 5.41) is 0. The Bertz CT molecular complexity index is 136. The van der Waals surface area contributed by atoms with Crippen molar-refractivity contribution in [3.05, 3.63) is 11.6 Å². The maximum Gasteiger partial charge on any atom is 0.0174 e. The molecule has 64 valence electrons. The number of nitrogens with two attached hydrogens (primary N) is 1. The van der Waals surface area contributed by atoms with Crippen LogP contribution in [0.2, 0.25) is 0 Å². The predicted molar refractivity (Wildman–Crippen MR) is 48.6 cm³/mol. The summed E-state index contributed by atoms with van der Waals surface area (Å²) in [5.74, 6) is 0.707. The Morgan fingerprint density at radius 2 is 2.45 bits per heavy atom. The lowest BCUT2D eigenvalue weighted by Gasteiger charge is -2.11. The Balaban J connectivity index is 2.19. The molecular formula is C8H15ClN2. The normalized spacial score (nSPS) is 26.9. The highest BCUT2D eigenvalue weighted by Crippen LogP contribution is 2.13. The summed E-state index contributed by atoms with van der Waals surface area (Å²) < 4.78 is 0. The van der Waals surface area contributed by atoms with Crippen LogP contribution in [-0.2, 0) is 0 Å². The lowest BCUT2D eigenvalue weighted by molar-refractivity contribution is 0.360. The predicted octanol–water partition coefficient (Wildman–Crippen LogP) is 1.02. The van der Waals surface area contributed by atoms with E-state index in [1.807, 2.05) is 6.08 Å². The minimum Gasteiger partial charge on any atom is -0.330 e. The fourth-order valence-corrected chi connectivity index (χ4v) is 1.54. The van der Waals surface area contributed by atoms with Crippen LogP contribution in [0, 0.1) is 5.92 Å². The molecule has 1 aliphatic heterocycles. The van der Waals surface area contributed by atoms with Crippen molar-refractivity contribution in [2.75, 3.05) is 26.2 Å². The highest BCUT2D eigenvalue weighted by Gasteiger charge is 2.19. The topological polar surface area (TPSA) is 29.3 Å². The van der Waals surface area contributed by atoms with Gasteiger partial charge in [-0.05, 0) is 25.4 Å². The maximum absolute atomic E-state index is 5.55. The molecule has 0 spiro atoms. The zero-order valence-corrected chi connectivity index (χ0v) is 7.43. The van der Waals surface area contributed by atoms with E-state index in [2.05, 4.69) is 4.90 Å². The SMILES string of the molecule is NCC1CCN(CC=CCl)C1. The molecule has 1 aliphatic rings. The van der Waals surface area contributed by atoms with Gasteiger partial charge in [-0.1, -0.05) is 17.7 Å². The lowest BCUT2D eigenvalue weighted by atomic mass is 10.1. The average molecular weight is 175 g/mol. The largest absolute Gasteiger partial charge is 0.330 e. The van der Waals surface area contributed by atoms with Crippen molar-refractivity contribution < 1.29 is 0 Å². The first-order chi connectivity index (χ1) is 5.36. The second-order valence-electron chi connectivity index (χ2n) is 3.01. The average Bonchev–Trinajstić information content (AvgIpc) is 2.48. The standard InChI is InChI=1S/C8H15ClN2/c9-3-1-4-11-5-2-8(6-10)7-11/h1,3,8H,2,4-7,10H2. The van der Waals surface area contributed by atoms with Crippen molar-refractivity contribution in [2.24, 2.45) is 11.7 Å². The first-order valence-corrected chi connectivity index (χ1v) is 4.48. The molecule has 0 bridgehead atoms. The molecule has 0 aromatic rings. The molecule has 1 fully saturated rings. The molecule has 0 amide bonds. The van der Waals surface area contributed by atoms with Gasteiger partial charge in [-0.25, -0.2) is 0 Å². The summed E-state index contributed by atoms with van der Waals surface area (Å²) in [4.78, 5) is 2.37. The molecule has 1 heterocycles. The zero-order chi connectivity index (χ0) is 8.10. The van der Waals surface area contributed by atoms with Crippen LogP contribution in [0.3, 0.4) is 0 Å². The lowest BCUT2D eigenvalue weighted by Crippen LogP contribution is -2.23. The van der Waals surface area contributed by atoms with E-state index in [-0.39, 0.29) is 0 Å². The number of nitrogens with zero attached hydrogens (tertiary/aromatic N) is 1. The van der Waals surface area contributed by atoms with E-state index in [1.54, 1.807) is 5.54 Å². The van der Waals surface area contributed by atoms with Gasteiger partial charge in [0, 0.05) is 18.6 Å². The molecule has 1 atom stereocenters. The zero-order valence-electron chi connectivity index (χ0n) is 6.67. The molecule has 0 aliphatic carbocycles. The van der Waals surface area contributed by atoms with Crippen molar-refractivity contribution in [2.45, 2.75) is 6.42 Å². The molecule has 2 N–H and O–H groups in total. The van der Waals surface area contributed by atoms with E-state index in [9.17, 15) is 0 Å². The molecule has 0 aromatic carbocycles. The van der Waals surface area contributed by atoms with Crippen molar-refractivity contribution in [3.8, 4) is 0 Å². The molecule has 0 saturated carbocycles. The molecule has 2 nitrogen and oxygen atoms in total. The molecule has 0 aromatic heterocycles. The van der Waals surface area contributed by atoms with Crippen LogP contribution in [0.1, 0.15) is 6.42 Å². The highest BCUT2D eigenvalue weighted by molar-refractivity contribution is 6.25. The molecular weight excluding hydrogens is 160 g/mol. The second-order valence-corrected chi connectivity index (χ2v) is 3.26. The van der Waals surface area contributed by atoms with Gasteiger partial charge in [-0.2, -0.15) is 0 Å². The number of likely N-dealkylation sites (tertiary alicyclic amines) is 1. The quantitative estimate of drug-likeness (QED) is 0.693. The van der Waals surface area contributed by atoms with Gasteiger partial charge in [0.2, 0.25) is 0 Å². The van der Waals surface area contributed by atoms with Gasteiger partial charge in [0.15, 0.2) is 0 Å². The third-order valence-corrected chi connectivity index (χ3v) is 2.33. The first-order valence-electron chi connectivity index (χ1n) is 4.04. The number of rotatable bonds is 3. The minimum absolute atomic E-state index is 0.707. The summed E-state index contributed by atoms with van der Waals surface area (Å²) in [6.07, 6.45) is 3.22. The third-order valence-electron chi connectivity index (χ3n) is 2.16. The van der Waals surface area contributed by atoms with Crippen LogP contribution in [0.4, 0.5) is 0 Å². The molecule has 1 saturated heterocycles. The molecule has 11 heavy (non-hydrogen) atoms. The van der Waals surface area contributed by atoms with Gasteiger partial charge in [0.1, 0.15) is 0 Å². The summed E-state index contributed by atoms with van der Waals surface area (Å²) in [6.45, 7) is 4.10. The van der Waals surface area contributed by atoms with Gasteiger partial charge in [0.05, 0.1) is 0 Å². The van der Waals surface area contributed by atoms with E-state index in [1.165, 1.54) is 13.0 Å². The summed E-state index contributed by atoms with van der Waals surface area (Å²) in [5.41, 5.74) is 7.13. The fourth-order valence-electron chi connectivity index (χ4n) is 1.46.